The number of rotatable bonds is 8. The molecule has 0 radical (unpaired) electrons. The predicted octanol–water partition coefficient (Wildman–Crippen LogP) is 3.51. The lowest BCUT2D eigenvalue weighted by Crippen LogP contribution is -2.27. The molecule has 2 aromatic carbocycles. The lowest BCUT2D eigenvalue weighted by molar-refractivity contribution is -0.129. The smallest absolute Gasteiger partial charge is 0.387 e. The van der Waals surface area contributed by atoms with E-state index in [-0.39, 0.29) is 18.1 Å². The lowest BCUT2D eigenvalue weighted by Gasteiger charge is -2.18. The van der Waals surface area contributed by atoms with E-state index in [0.29, 0.717) is 18.0 Å². The molecule has 2 rings (SSSR count). The summed E-state index contributed by atoms with van der Waals surface area (Å²) in [6.07, 6.45) is 0.212. The van der Waals surface area contributed by atoms with Gasteiger partial charge in [-0.1, -0.05) is 18.2 Å². The van der Waals surface area contributed by atoms with Crippen molar-refractivity contribution in [1.29, 1.82) is 0 Å². The van der Waals surface area contributed by atoms with Crippen LogP contribution in [0.5, 0.6) is 17.2 Å². The summed E-state index contributed by atoms with van der Waals surface area (Å²) in [5.74, 6) is 1.17. The highest BCUT2D eigenvalue weighted by molar-refractivity contribution is 5.78. The van der Waals surface area contributed by atoms with Gasteiger partial charge in [0.25, 0.3) is 0 Å². The number of hydrogen-bond donors (Lipinski definition) is 0. The Morgan fingerprint density at radius 1 is 1.00 bits per heavy atom. The number of halogens is 2. The van der Waals surface area contributed by atoms with Crippen LogP contribution in [0.15, 0.2) is 42.5 Å². The van der Waals surface area contributed by atoms with Crippen LogP contribution in [0.4, 0.5) is 8.78 Å². The third-order valence-electron chi connectivity index (χ3n) is 3.80. The van der Waals surface area contributed by atoms with E-state index in [1.807, 2.05) is 6.07 Å². The number of amides is 1. The normalized spacial score (nSPS) is 10.5. The zero-order chi connectivity index (χ0) is 19.1. The molecule has 0 aliphatic heterocycles. The lowest BCUT2D eigenvalue weighted by atomic mass is 10.1. The predicted molar refractivity (Wildman–Crippen MR) is 92.8 cm³/mol. The molecule has 5 nitrogen and oxygen atoms in total. The number of likely N-dealkylation sites (N-methyl/N-ethyl adjacent to an activating group) is 1. The van der Waals surface area contributed by atoms with E-state index in [1.165, 1.54) is 19.2 Å². The molecule has 0 fully saturated rings. The van der Waals surface area contributed by atoms with Gasteiger partial charge in [0.15, 0.2) is 11.5 Å². The summed E-state index contributed by atoms with van der Waals surface area (Å²) in [6.45, 7) is -2.49. The largest absolute Gasteiger partial charge is 0.493 e. The van der Waals surface area contributed by atoms with Crippen molar-refractivity contribution < 1.29 is 27.8 Å². The fraction of sp³-hybridized carbons (Fsp3) is 0.316. The Kier molecular flexibility index (Phi) is 6.77. The third-order valence-corrected chi connectivity index (χ3v) is 3.80. The van der Waals surface area contributed by atoms with Gasteiger partial charge in [-0.15, -0.1) is 0 Å². The van der Waals surface area contributed by atoms with Crippen molar-refractivity contribution in [2.24, 2.45) is 0 Å². The summed E-state index contributed by atoms with van der Waals surface area (Å²) in [6, 6.07) is 11.5. The third kappa shape index (κ3) is 5.34. The number of carbonyl (C=O) groups excluding carboxylic acids is 1. The van der Waals surface area contributed by atoms with E-state index >= 15 is 0 Å². The molecule has 0 aliphatic rings. The molecule has 140 valence electrons. The van der Waals surface area contributed by atoms with Crippen molar-refractivity contribution in [3.8, 4) is 17.2 Å². The molecule has 1 amide bonds. The van der Waals surface area contributed by atoms with Gasteiger partial charge in [-0.25, -0.2) is 0 Å². The second kappa shape index (κ2) is 9.03. The molecular weight excluding hydrogens is 344 g/mol. The summed E-state index contributed by atoms with van der Waals surface area (Å²) < 4.78 is 39.0. The molecule has 0 atom stereocenters. The van der Waals surface area contributed by atoms with Crippen LogP contribution in [0.2, 0.25) is 0 Å². The summed E-state index contributed by atoms with van der Waals surface area (Å²) in [4.78, 5) is 14.0. The van der Waals surface area contributed by atoms with Crippen molar-refractivity contribution in [2.45, 2.75) is 19.6 Å². The molecule has 0 heterocycles. The maximum Gasteiger partial charge on any atom is 0.387 e. The highest BCUT2D eigenvalue weighted by atomic mass is 19.3. The van der Waals surface area contributed by atoms with Crippen LogP contribution in [0.25, 0.3) is 0 Å². The van der Waals surface area contributed by atoms with E-state index < -0.39 is 6.61 Å². The van der Waals surface area contributed by atoms with E-state index in [4.69, 9.17) is 9.47 Å². The van der Waals surface area contributed by atoms with Crippen molar-refractivity contribution in [3.63, 3.8) is 0 Å². The Morgan fingerprint density at radius 2 is 1.62 bits per heavy atom. The van der Waals surface area contributed by atoms with Gasteiger partial charge in [-0.2, -0.15) is 8.78 Å². The zero-order valence-corrected chi connectivity index (χ0v) is 14.9. The van der Waals surface area contributed by atoms with E-state index in [2.05, 4.69) is 4.74 Å². The van der Waals surface area contributed by atoms with Crippen LogP contribution >= 0.6 is 0 Å². The Labute approximate surface area is 151 Å². The van der Waals surface area contributed by atoms with Gasteiger partial charge in [0.05, 0.1) is 20.6 Å². The maximum atomic E-state index is 12.4. The van der Waals surface area contributed by atoms with Crippen LogP contribution in [-0.4, -0.2) is 38.7 Å². The van der Waals surface area contributed by atoms with Crippen LogP contribution in [0.3, 0.4) is 0 Å². The van der Waals surface area contributed by atoms with Gasteiger partial charge >= 0.3 is 6.61 Å². The number of carbonyl (C=O) groups is 1. The number of nitrogens with zero attached hydrogens (tertiary/aromatic N) is 1. The average molecular weight is 365 g/mol. The molecule has 26 heavy (non-hydrogen) atoms. The fourth-order valence-electron chi connectivity index (χ4n) is 2.44. The monoisotopic (exact) mass is 365 g/mol. The molecule has 0 spiro atoms. The zero-order valence-electron chi connectivity index (χ0n) is 14.9. The average Bonchev–Trinajstić information content (AvgIpc) is 2.62. The Bertz CT molecular complexity index is 735. The number of hydrogen-bond acceptors (Lipinski definition) is 4. The topological polar surface area (TPSA) is 48.0 Å². The minimum Gasteiger partial charge on any atom is -0.493 e. The van der Waals surface area contributed by atoms with Crippen molar-refractivity contribution >= 4 is 5.91 Å². The minimum atomic E-state index is -2.86. The minimum absolute atomic E-state index is 0.0786. The molecule has 0 saturated carbocycles. The number of ether oxygens (including phenoxy) is 3. The number of methoxy groups -OCH3 is 2. The first-order valence-corrected chi connectivity index (χ1v) is 7.91. The second-order valence-corrected chi connectivity index (χ2v) is 5.64. The Balaban J connectivity index is 1.97. The highest BCUT2D eigenvalue weighted by Gasteiger charge is 2.13. The van der Waals surface area contributed by atoms with Gasteiger partial charge in [-0.3, -0.25) is 4.79 Å². The van der Waals surface area contributed by atoms with Crippen molar-refractivity contribution in [2.75, 3.05) is 21.3 Å². The highest BCUT2D eigenvalue weighted by Crippen LogP contribution is 2.27. The van der Waals surface area contributed by atoms with E-state index in [0.717, 1.165) is 11.1 Å². The number of benzene rings is 2. The molecule has 7 heteroatoms. The van der Waals surface area contributed by atoms with Crippen molar-refractivity contribution in [1.82, 2.24) is 4.90 Å². The summed E-state index contributed by atoms with van der Waals surface area (Å²) in [5, 5.41) is 0. The number of alkyl halides is 2. The summed E-state index contributed by atoms with van der Waals surface area (Å²) in [7, 11) is 4.78. The summed E-state index contributed by atoms with van der Waals surface area (Å²) >= 11 is 0. The molecule has 2 aromatic rings. The van der Waals surface area contributed by atoms with Gasteiger partial charge in [0.2, 0.25) is 5.91 Å². The first-order chi connectivity index (χ1) is 12.4. The van der Waals surface area contributed by atoms with Gasteiger partial charge in [-0.05, 0) is 35.4 Å². The Morgan fingerprint density at radius 3 is 2.19 bits per heavy atom. The van der Waals surface area contributed by atoms with Gasteiger partial charge in [0.1, 0.15) is 5.75 Å². The van der Waals surface area contributed by atoms with E-state index in [1.54, 1.807) is 43.3 Å². The van der Waals surface area contributed by atoms with Crippen LogP contribution < -0.4 is 14.2 Å². The van der Waals surface area contributed by atoms with Crippen LogP contribution in [0.1, 0.15) is 11.1 Å². The molecule has 0 aliphatic carbocycles. The van der Waals surface area contributed by atoms with Gasteiger partial charge < -0.3 is 19.1 Å². The quantitative estimate of drug-likeness (QED) is 0.718. The molecular formula is C19H21F2NO4. The standard InChI is InChI=1S/C19H21F2NO4/c1-22(12-13-4-7-15(8-5-13)26-19(20)21)18(23)11-14-6-9-16(24-2)17(10-14)25-3/h4-10,19H,11-12H2,1-3H3. The summed E-state index contributed by atoms with van der Waals surface area (Å²) in [5.41, 5.74) is 1.62. The molecule has 0 saturated heterocycles. The van der Waals surface area contributed by atoms with Crippen LogP contribution in [0, 0.1) is 0 Å². The molecule has 0 unspecified atom stereocenters. The second-order valence-electron chi connectivity index (χ2n) is 5.64. The van der Waals surface area contributed by atoms with E-state index in [9.17, 15) is 13.6 Å². The van der Waals surface area contributed by atoms with Crippen LogP contribution in [-0.2, 0) is 17.8 Å². The maximum absolute atomic E-state index is 12.4. The Hall–Kier alpha value is -2.83. The molecule has 0 N–H and O–H groups in total. The van der Waals surface area contributed by atoms with Crippen molar-refractivity contribution in [3.05, 3.63) is 53.6 Å². The molecule has 0 aromatic heterocycles. The fourth-order valence-corrected chi connectivity index (χ4v) is 2.44. The first-order valence-electron chi connectivity index (χ1n) is 7.91. The van der Waals surface area contributed by atoms with Gasteiger partial charge in [0, 0.05) is 13.6 Å². The molecule has 0 bridgehead atoms. The first kappa shape index (κ1) is 19.5. The SMILES string of the molecule is COc1ccc(CC(=O)N(C)Cc2ccc(OC(F)F)cc2)cc1OC.